The van der Waals surface area contributed by atoms with Crippen LogP contribution in [0.5, 0.6) is 0 Å². The largest absolute Gasteiger partial charge is 0.399 e. The third-order valence-electron chi connectivity index (χ3n) is 2.71. The summed E-state index contributed by atoms with van der Waals surface area (Å²) >= 11 is 0. The van der Waals surface area contributed by atoms with Crippen molar-refractivity contribution in [2.45, 2.75) is 44.6 Å². The van der Waals surface area contributed by atoms with Crippen molar-refractivity contribution >= 4 is 21.6 Å². The van der Waals surface area contributed by atoms with E-state index < -0.39 is 10.0 Å². The Bertz CT molecular complexity index is 619. The molecule has 21 heavy (non-hydrogen) atoms. The molecule has 0 radical (unpaired) electrons. The van der Waals surface area contributed by atoms with Crippen LogP contribution in [0.4, 0.5) is 5.69 Å². The van der Waals surface area contributed by atoms with Gasteiger partial charge in [-0.05, 0) is 51.5 Å². The van der Waals surface area contributed by atoms with Gasteiger partial charge in [-0.1, -0.05) is 0 Å². The van der Waals surface area contributed by atoms with Gasteiger partial charge in [0.2, 0.25) is 15.9 Å². The van der Waals surface area contributed by atoms with Crippen molar-refractivity contribution in [2.75, 3.05) is 12.3 Å². The predicted octanol–water partition coefficient (Wildman–Crippen LogP) is 1.16. The van der Waals surface area contributed by atoms with Gasteiger partial charge in [-0.2, -0.15) is 0 Å². The van der Waals surface area contributed by atoms with Crippen LogP contribution in [0.3, 0.4) is 0 Å². The smallest absolute Gasteiger partial charge is 0.240 e. The first-order valence-corrected chi connectivity index (χ1v) is 8.16. The monoisotopic (exact) mass is 313 g/mol. The molecular formula is C14H23N3O3S. The molecule has 0 heterocycles. The second kappa shape index (κ2) is 6.44. The number of hydrogen-bond donors (Lipinski definition) is 3. The molecule has 0 aliphatic heterocycles. The van der Waals surface area contributed by atoms with Crippen molar-refractivity contribution in [3.63, 3.8) is 0 Å². The Morgan fingerprint density at radius 1 is 1.29 bits per heavy atom. The molecular weight excluding hydrogens is 290 g/mol. The summed E-state index contributed by atoms with van der Waals surface area (Å²) in [5.74, 6) is -0.196. The van der Waals surface area contributed by atoms with Crippen molar-refractivity contribution < 1.29 is 13.2 Å². The number of aryl methyl sites for hydroxylation is 1. The van der Waals surface area contributed by atoms with Gasteiger partial charge in [0.25, 0.3) is 0 Å². The van der Waals surface area contributed by atoms with Gasteiger partial charge in [-0.25, -0.2) is 13.1 Å². The van der Waals surface area contributed by atoms with Gasteiger partial charge in [-0.15, -0.1) is 0 Å². The normalized spacial score (nSPS) is 12.2. The van der Waals surface area contributed by atoms with E-state index in [2.05, 4.69) is 10.0 Å². The SMILES string of the molecule is Cc1cc(S(=O)(=O)NCCC(=O)NC(C)(C)C)ccc1N. The van der Waals surface area contributed by atoms with Crippen molar-refractivity contribution in [3.05, 3.63) is 23.8 Å². The van der Waals surface area contributed by atoms with Crippen molar-refractivity contribution in [3.8, 4) is 0 Å². The molecule has 0 aliphatic rings. The van der Waals surface area contributed by atoms with Gasteiger partial charge in [-0.3, -0.25) is 4.79 Å². The molecule has 0 atom stereocenters. The van der Waals surface area contributed by atoms with E-state index >= 15 is 0 Å². The number of amides is 1. The Hall–Kier alpha value is -1.60. The summed E-state index contributed by atoms with van der Waals surface area (Å²) in [5.41, 5.74) is 6.57. The second-order valence-corrected chi connectivity index (χ2v) is 7.73. The first-order chi connectivity index (χ1) is 9.51. The fourth-order valence-corrected chi connectivity index (χ4v) is 2.79. The number of rotatable bonds is 5. The summed E-state index contributed by atoms with van der Waals surface area (Å²) in [6.07, 6.45) is 0.0878. The summed E-state index contributed by atoms with van der Waals surface area (Å²) in [4.78, 5) is 11.8. The molecule has 4 N–H and O–H groups in total. The van der Waals surface area contributed by atoms with Crippen LogP contribution in [-0.4, -0.2) is 26.4 Å². The summed E-state index contributed by atoms with van der Waals surface area (Å²) in [7, 11) is -3.62. The number of nitrogen functional groups attached to an aromatic ring is 1. The number of carbonyl (C=O) groups excluding carboxylic acids is 1. The number of carbonyl (C=O) groups is 1. The lowest BCUT2D eigenvalue weighted by Crippen LogP contribution is -2.41. The highest BCUT2D eigenvalue weighted by Gasteiger charge is 2.17. The fourth-order valence-electron chi connectivity index (χ4n) is 1.68. The molecule has 1 aromatic carbocycles. The van der Waals surface area contributed by atoms with Crippen molar-refractivity contribution in [2.24, 2.45) is 0 Å². The quantitative estimate of drug-likeness (QED) is 0.710. The summed E-state index contributed by atoms with van der Waals surface area (Å²) in [5, 5.41) is 2.77. The highest BCUT2D eigenvalue weighted by atomic mass is 32.2. The van der Waals surface area contributed by atoms with Crippen molar-refractivity contribution in [1.82, 2.24) is 10.0 Å². The molecule has 0 bridgehead atoms. The van der Waals surface area contributed by atoms with E-state index in [4.69, 9.17) is 5.73 Å². The summed E-state index contributed by atoms with van der Waals surface area (Å²) in [6.45, 7) is 7.39. The van der Waals surface area contributed by atoms with E-state index in [0.717, 1.165) is 0 Å². The average molecular weight is 313 g/mol. The molecule has 1 aromatic rings. The zero-order chi connectivity index (χ0) is 16.3. The molecule has 0 fully saturated rings. The molecule has 0 aliphatic carbocycles. The second-order valence-electron chi connectivity index (χ2n) is 5.96. The lowest BCUT2D eigenvalue weighted by atomic mass is 10.1. The number of hydrogen-bond acceptors (Lipinski definition) is 4. The van der Waals surface area contributed by atoms with E-state index in [0.29, 0.717) is 11.3 Å². The molecule has 0 spiro atoms. The van der Waals surface area contributed by atoms with E-state index in [-0.39, 0.29) is 29.3 Å². The Balaban J connectivity index is 2.61. The molecule has 0 aromatic heterocycles. The average Bonchev–Trinajstić information content (AvgIpc) is 2.29. The molecule has 6 nitrogen and oxygen atoms in total. The lowest BCUT2D eigenvalue weighted by Gasteiger charge is -2.20. The number of anilines is 1. The molecule has 1 rings (SSSR count). The van der Waals surface area contributed by atoms with Crippen molar-refractivity contribution in [1.29, 1.82) is 0 Å². The third-order valence-corrected chi connectivity index (χ3v) is 4.17. The fraction of sp³-hybridized carbons (Fsp3) is 0.500. The summed E-state index contributed by atoms with van der Waals surface area (Å²) < 4.78 is 26.6. The van der Waals surface area contributed by atoms with Crippen LogP contribution in [-0.2, 0) is 14.8 Å². The Kier molecular flexibility index (Phi) is 5.36. The van der Waals surface area contributed by atoms with Gasteiger partial charge in [0.1, 0.15) is 0 Å². The van der Waals surface area contributed by atoms with Gasteiger partial charge < -0.3 is 11.1 Å². The van der Waals surface area contributed by atoms with E-state index in [1.165, 1.54) is 12.1 Å². The summed E-state index contributed by atoms with van der Waals surface area (Å²) in [6, 6.07) is 4.50. The van der Waals surface area contributed by atoms with Crippen LogP contribution < -0.4 is 15.8 Å². The van der Waals surface area contributed by atoms with Crippen LogP contribution >= 0.6 is 0 Å². The van der Waals surface area contributed by atoms with Gasteiger partial charge in [0.05, 0.1) is 4.90 Å². The number of benzene rings is 1. The Morgan fingerprint density at radius 3 is 2.43 bits per heavy atom. The van der Waals surface area contributed by atoms with Crippen LogP contribution in [0.15, 0.2) is 23.1 Å². The lowest BCUT2D eigenvalue weighted by molar-refractivity contribution is -0.122. The minimum absolute atomic E-state index is 0.0493. The highest BCUT2D eigenvalue weighted by Crippen LogP contribution is 2.16. The molecule has 0 saturated carbocycles. The van der Waals surface area contributed by atoms with E-state index in [1.807, 2.05) is 20.8 Å². The van der Waals surface area contributed by atoms with Gasteiger partial charge in [0.15, 0.2) is 0 Å². The predicted molar refractivity (Wildman–Crippen MR) is 83.3 cm³/mol. The number of nitrogens with two attached hydrogens (primary N) is 1. The minimum Gasteiger partial charge on any atom is -0.399 e. The maximum atomic E-state index is 12.1. The molecule has 7 heteroatoms. The van der Waals surface area contributed by atoms with Gasteiger partial charge >= 0.3 is 0 Å². The minimum atomic E-state index is -3.62. The Morgan fingerprint density at radius 2 is 1.90 bits per heavy atom. The van der Waals surface area contributed by atoms with E-state index in [9.17, 15) is 13.2 Å². The number of nitrogens with one attached hydrogen (secondary N) is 2. The first kappa shape index (κ1) is 17.5. The topological polar surface area (TPSA) is 101 Å². The highest BCUT2D eigenvalue weighted by molar-refractivity contribution is 7.89. The zero-order valence-corrected chi connectivity index (χ0v) is 13.7. The Labute approximate surface area is 126 Å². The van der Waals surface area contributed by atoms with E-state index in [1.54, 1.807) is 13.0 Å². The molecule has 1 amide bonds. The zero-order valence-electron chi connectivity index (χ0n) is 12.9. The maximum absolute atomic E-state index is 12.1. The standard InChI is InChI=1S/C14H23N3O3S/c1-10-9-11(5-6-12(10)15)21(19,20)16-8-7-13(18)17-14(2,3)4/h5-6,9,16H,7-8,15H2,1-4H3,(H,17,18). The van der Waals surface area contributed by atoms with Crippen LogP contribution in [0.1, 0.15) is 32.8 Å². The molecule has 118 valence electrons. The molecule has 0 unspecified atom stereocenters. The third kappa shape index (κ3) is 5.73. The number of sulfonamides is 1. The van der Waals surface area contributed by atoms with Crippen LogP contribution in [0.25, 0.3) is 0 Å². The maximum Gasteiger partial charge on any atom is 0.240 e. The van der Waals surface area contributed by atoms with Crippen LogP contribution in [0, 0.1) is 6.92 Å². The first-order valence-electron chi connectivity index (χ1n) is 6.68. The molecule has 0 saturated heterocycles. The van der Waals surface area contributed by atoms with Crippen LogP contribution in [0.2, 0.25) is 0 Å². The van der Waals surface area contributed by atoms with Gasteiger partial charge in [0, 0.05) is 24.2 Å².